The summed E-state index contributed by atoms with van der Waals surface area (Å²) in [5, 5.41) is 14.5. The minimum atomic E-state index is 0.310. The third-order valence-corrected chi connectivity index (χ3v) is 5.76. The molecule has 0 saturated heterocycles. The Labute approximate surface area is 162 Å². The molecule has 0 saturated carbocycles. The fourth-order valence-electron chi connectivity index (χ4n) is 3.04. The number of phenols is 1. The zero-order valence-electron chi connectivity index (χ0n) is 16.3. The minimum absolute atomic E-state index is 0.310. The van der Waals surface area contributed by atoms with Gasteiger partial charge in [0.1, 0.15) is 11.5 Å². The van der Waals surface area contributed by atoms with Crippen molar-refractivity contribution in [2.45, 2.75) is 46.5 Å². The molecule has 2 rings (SSSR count). The van der Waals surface area contributed by atoms with Crippen LogP contribution in [0.15, 0.2) is 47.2 Å². The summed E-state index contributed by atoms with van der Waals surface area (Å²) in [5.41, 5.74) is 2.30. The van der Waals surface area contributed by atoms with Gasteiger partial charge in [-0.25, -0.2) is 0 Å². The van der Waals surface area contributed by atoms with Gasteiger partial charge in [-0.1, -0.05) is 40.2 Å². The molecule has 2 nitrogen and oxygen atoms in total. The monoisotopic (exact) mass is 370 g/mol. The molecule has 0 aliphatic carbocycles. The van der Waals surface area contributed by atoms with Crippen LogP contribution >= 0.6 is 11.8 Å². The number of aromatic hydroxyl groups is 1. The summed E-state index contributed by atoms with van der Waals surface area (Å²) in [7, 11) is 1.66. The molecule has 0 bridgehead atoms. The van der Waals surface area contributed by atoms with Gasteiger partial charge in [-0.05, 0) is 75.9 Å². The summed E-state index contributed by atoms with van der Waals surface area (Å²) in [6.45, 7) is 10.9. The molecule has 26 heavy (non-hydrogen) atoms. The molecule has 0 aliphatic heterocycles. The first kappa shape index (κ1) is 20.4. The number of thioether (sulfide) groups is 1. The average molecular weight is 371 g/mol. The van der Waals surface area contributed by atoms with E-state index >= 15 is 0 Å². The number of methoxy groups -OCH3 is 1. The highest BCUT2D eigenvalue weighted by atomic mass is 32.2. The Kier molecular flexibility index (Phi) is 7.65. The highest BCUT2D eigenvalue weighted by Crippen LogP contribution is 2.36. The van der Waals surface area contributed by atoms with Crippen LogP contribution < -0.4 is 4.74 Å². The smallest absolute Gasteiger partial charge is 0.124 e. The quantitative estimate of drug-likeness (QED) is 0.499. The first-order chi connectivity index (χ1) is 12.5. The molecule has 0 spiro atoms. The second-order valence-electron chi connectivity index (χ2n) is 6.75. The van der Waals surface area contributed by atoms with E-state index in [0.717, 1.165) is 34.9 Å². The summed E-state index contributed by atoms with van der Waals surface area (Å²) in [6, 6.07) is 9.75. The molecular weight excluding hydrogens is 340 g/mol. The number of phenolic OH excluding ortho intramolecular Hbond substituents is 1. The van der Waals surface area contributed by atoms with E-state index < -0.39 is 0 Å². The molecule has 140 valence electrons. The van der Waals surface area contributed by atoms with Crippen LogP contribution in [0.4, 0.5) is 0 Å². The van der Waals surface area contributed by atoms with Gasteiger partial charge >= 0.3 is 0 Å². The number of allylic oxidation sites excluding steroid dienone is 2. The molecule has 0 aromatic heterocycles. The van der Waals surface area contributed by atoms with Crippen LogP contribution in [0.5, 0.6) is 11.5 Å². The van der Waals surface area contributed by atoms with Gasteiger partial charge < -0.3 is 9.84 Å². The Balaban J connectivity index is 2.36. The normalized spacial score (nSPS) is 13.0. The van der Waals surface area contributed by atoms with E-state index in [4.69, 9.17) is 4.74 Å². The highest BCUT2D eigenvalue weighted by molar-refractivity contribution is 8.06. The lowest BCUT2D eigenvalue weighted by Crippen LogP contribution is -1.93. The number of rotatable bonds is 9. The van der Waals surface area contributed by atoms with Crippen LogP contribution in [-0.2, 0) is 0 Å². The molecule has 1 N–H and O–H groups in total. The molecule has 2 aromatic carbocycles. The molecule has 0 radical (unpaired) electrons. The van der Waals surface area contributed by atoms with E-state index in [-0.39, 0.29) is 0 Å². The van der Waals surface area contributed by atoms with Crippen molar-refractivity contribution in [1.29, 1.82) is 0 Å². The molecule has 0 fully saturated rings. The number of fused-ring (bicyclic) bond motifs is 1. The summed E-state index contributed by atoms with van der Waals surface area (Å²) >= 11 is 1.72. The van der Waals surface area contributed by atoms with Crippen molar-refractivity contribution >= 4 is 28.1 Å². The van der Waals surface area contributed by atoms with E-state index in [1.165, 1.54) is 23.3 Å². The van der Waals surface area contributed by atoms with Gasteiger partial charge in [-0.3, -0.25) is 0 Å². The largest absolute Gasteiger partial charge is 0.507 e. The van der Waals surface area contributed by atoms with Crippen molar-refractivity contribution in [2.24, 2.45) is 5.92 Å². The van der Waals surface area contributed by atoms with Gasteiger partial charge in [-0.15, -0.1) is 11.8 Å². The van der Waals surface area contributed by atoms with E-state index in [9.17, 15) is 5.11 Å². The Morgan fingerprint density at radius 2 is 2.00 bits per heavy atom. The van der Waals surface area contributed by atoms with Crippen molar-refractivity contribution in [1.82, 2.24) is 0 Å². The molecular formula is C23H30O2S. The first-order valence-electron chi connectivity index (χ1n) is 9.35. The summed E-state index contributed by atoms with van der Waals surface area (Å²) in [5.74, 6) is 1.62. The van der Waals surface area contributed by atoms with Gasteiger partial charge in [-0.2, -0.15) is 0 Å². The van der Waals surface area contributed by atoms with Crippen LogP contribution in [0.2, 0.25) is 0 Å². The molecule has 2 aromatic rings. The van der Waals surface area contributed by atoms with E-state index in [1.54, 1.807) is 18.9 Å². The Morgan fingerprint density at radius 3 is 2.65 bits per heavy atom. The molecule has 1 atom stereocenters. The van der Waals surface area contributed by atoms with Crippen LogP contribution in [0.25, 0.3) is 16.3 Å². The van der Waals surface area contributed by atoms with Crippen LogP contribution in [0.1, 0.15) is 52.0 Å². The number of benzene rings is 2. The maximum absolute atomic E-state index is 10.5. The standard InChI is InChI=1S/C23H30O2S/c1-6-8-16(3)17(4)26-15-18(9-7-2)19-12-20-13-21(25-5)10-11-22(20)23(24)14-19/h10-16,24H,4,6-9H2,1-3,5H3/b18-15+. The van der Waals surface area contributed by atoms with Crippen LogP contribution in [0, 0.1) is 5.92 Å². The van der Waals surface area contributed by atoms with Crippen LogP contribution in [0.3, 0.4) is 0 Å². The van der Waals surface area contributed by atoms with Gasteiger partial charge in [0.2, 0.25) is 0 Å². The molecule has 1 unspecified atom stereocenters. The second kappa shape index (κ2) is 9.72. The molecule has 0 aliphatic rings. The average Bonchev–Trinajstić information content (AvgIpc) is 2.64. The Hall–Kier alpha value is -1.87. The van der Waals surface area contributed by atoms with Crippen molar-refractivity contribution in [3.63, 3.8) is 0 Å². The SMILES string of the molecule is C=C(S/C=C(\CCC)c1cc(O)c2ccc(OC)cc2c1)C(C)CCC. The predicted octanol–water partition coefficient (Wildman–Crippen LogP) is 7.38. The topological polar surface area (TPSA) is 29.5 Å². The van der Waals surface area contributed by atoms with Gasteiger partial charge in [0.15, 0.2) is 0 Å². The number of hydrogen-bond donors (Lipinski definition) is 1. The summed E-state index contributed by atoms with van der Waals surface area (Å²) in [4.78, 5) is 1.20. The van der Waals surface area contributed by atoms with Crippen LogP contribution in [-0.4, -0.2) is 12.2 Å². The predicted molar refractivity (Wildman–Crippen MR) is 116 cm³/mol. The van der Waals surface area contributed by atoms with Gasteiger partial charge in [0.05, 0.1) is 7.11 Å². The molecule has 3 heteroatoms. The maximum atomic E-state index is 10.5. The van der Waals surface area contributed by atoms with Crippen molar-refractivity contribution < 1.29 is 9.84 Å². The van der Waals surface area contributed by atoms with Crippen molar-refractivity contribution in [3.05, 3.63) is 52.8 Å². The lowest BCUT2D eigenvalue weighted by Gasteiger charge is -2.14. The highest BCUT2D eigenvalue weighted by Gasteiger charge is 2.10. The second-order valence-corrected chi connectivity index (χ2v) is 7.75. The number of hydrogen-bond acceptors (Lipinski definition) is 3. The maximum Gasteiger partial charge on any atom is 0.124 e. The Morgan fingerprint density at radius 1 is 1.23 bits per heavy atom. The fraction of sp³-hybridized carbons (Fsp3) is 0.391. The summed E-state index contributed by atoms with van der Waals surface area (Å²) < 4.78 is 5.33. The fourth-order valence-corrected chi connectivity index (χ4v) is 3.94. The molecule has 0 amide bonds. The minimum Gasteiger partial charge on any atom is -0.507 e. The first-order valence-corrected chi connectivity index (χ1v) is 10.2. The lowest BCUT2D eigenvalue weighted by atomic mass is 9.98. The molecule has 0 heterocycles. The Bertz CT molecular complexity index is 792. The van der Waals surface area contributed by atoms with E-state index in [1.807, 2.05) is 24.3 Å². The number of ether oxygens (including phenoxy) is 1. The third-order valence-electron chi connectivity index (χ3n) is 4.65. The third kappa shape index (κ3) is 5.07. The zero-order chi connectivity index (χ0) is 19.1. The van der Waals surface area contributed by atoms with Crippen molar-refractivity contribution in [2.75, 3.05) is 7.11 Å². The van der Waals surface area contributed by atoms with Gasteiger partial charge in [0, 0.05) is 5.39 Å². The lowest BCUT2D eigenvalue weighted by molar-refractivity contribution is 0.415. The summed E-state index contributed by atoms with van der Waals surface area (Å²) in [6.07, 6.45) is 4.36. The van der Waals surface area contributed by atoms with Crippen molar-refractivity contribution in [3.8, 4) is 11.5 Å². The zero-order valence-corrected chi connectivity index (χ0v) is 17.2. The van der Waals surface area contributed by atoms with E-state index in [2.05, 4.69) is 38.8 Å². The van der Waals surface area contributed by atoms with Gasteiger partial charge in [0.25, 0.3) is 0 Å². The van der Waals surface area contributed by atoms with E-state index in [0.29, 0.717) is 11.7 Å².